The van der Waals surface area contributed by atoms with E-state index in [2.05, 4.69) is 13.2 Å². The van der Waals surface area contributed by atoms with E-state index in [1.165, 1.54) is 12.2 Å². The highest BCUT2D eigenvalue weighted by Crippen LogP contribution is 2.03. The Morgan fingerprint density at radius 3 is 1.40 bits per heavy atom. The van der Waals surface area contributed by atoms with Crippen LogP contribution in [0.4, 0.5) is 0 Å². The van der Waals surface area contributed by atoms with Gasteiger partial charge in [0.05, 0.1) is 11.1 Å². The number of hydrogen-bond donors (Lipinski definition) is 0. The van der Waals surface area contributed by atoms with Crippen LogP contribution in [0, 0.1) is 22.7 Å². The topological polar surface area (TPSA) is 47.6 Å². The first kappa shape index (κ1) is 8.20. The van der Waals surface area contributed by atoms with E-state index in [1.54, 1.807) is 0 Å². The molecule has 0 aromatic carbocycles. The summed E-state index contributed by atoms with van der Waals surface area (Å²) in [5, 5.41) is 16.8. The number of rotatable bonds is 2. The highest BCUT2D eigenvalue weighted by molar-refractivity contribution is 5.48. The summed E-state index contributed by atoms with van der Waals surface area (Å²) in [7, 11) is 0. The lowest BCUT2D eigenvalue weighted by atomic mass is 10.1. The molecule has 0 aromatic rings. The van der Waals surface area contributed by atoms with E-state index in [1.807, 2.05) is 12.1 Å². The van der Waals surface area contributed by atoms with Crippen molar-refractivity contribution in [3.63, 3.8) is 0 Å². The lowest BCUT2D eigenvalue weighted by Crippen LogP contribution is -1.78. The van der Waals surface area contributed by atoms with E-state index in [0.717, 1.165) is 0 Å². The van der Waals surface area contributed by atoms with E-state index >= 15 is 0 Å². The molecule has 2 heteroatoms. The van der Waals surface area contributed by atoms with Crippen molar-refractivity contribution in [2.24, 2.45) is 0 Å². The summed E-state index contributed by atoms with van der Waals surface area (Å²) < 4.78 is 0. The molecule has 0 bridgehead atoms. The van der Waals surface area contributed by atoms with Crippen molar-refractivity contribution in [3.05, 3.63) is 36.5 Å². The Kier molecular flexibility index (Phi) is 3.38. The van der Waals surface area contributed by atoms with Crippen LogP contribution in [0.15, 0.2) is 36.5 Å². The summed E-state index contributed by atoms with van der Waals surface area (Å²) in [6.07, 6.45) is 2.67. The molecular formula is C8H6N2. The van der Waals surface area contributed by atoms with Crippen molar-refractivity contribution in [2.45, 2.75) is 0 Å². The van der Waals surface area contributed by atoms with Crippen LogP contribution >= 0.6 is 0 Å². The zero-order valence-electron chi connectivity index (χ0n) is 5.46. The van der Waals surface area contributed by atoms with Crippen molar-refractivity contribution in [1.29, 1.82) is 10.5 Å². The van der Waals surface area contributed by atoms with Gasteiger partial charge in [-0.25, -0.2) is 0 Å². The van der Waals surface area contributed by atoms with Crippen LogP contribution in [0.2, 0.25) is 0 Å². The molecule has 0 aliphatic carbocycles. The van der Waals surface area contributed by atoms with Gasteiger partial charge in [-0.15, -0.1) is 0 Å². The molecule has 0 amide bonds. The Balaban J connectivity index is 4.98. The molecule has 0 aliphatic rings. The van der Waals surface area contributed by atoms with Crippen LogP contribution in [0.25, 0.3) is 0 Å². The van der Waals surface area contributed by atoms with Crippen LogP contribution in [-0.2, 0) is 0 Å². The van der Waals surface area contributed by atoms with Gasteiger partial charge in [-0.1, -0.05) is 25.3 Å². The van der Waals surface area contributed by atoms with Crippen molar-refractivity contribution < 1.29 is 0 Å². The van der Waals surface area contributed by atoms with E-state index in [0.29, 0.717) is 0 Å². The average Bonchev–Trinajstić information content (AvgIpc) is 2.00. The molecule has 0 radical (unpaired) electrons. The second kappa shape index (κ2) is 4.12. The Bertz CT molecular complexity index is 230. The number of nitriles is 2. The van der Waals surface area contributed by atoms with Crippen molar-refractivity contribution in [1.82, 2.24) is 0 Å². The standard InChI is InChI=1S/C8H6N2/c1-3-7(5-9)8(4-2)6-10/h3-4H,1-2H2. The molecule has 0 heterocycles. The van der Waals surface area contributed by atoms with E-state index < -0.39 is 0 Å². The monoisotopic (exact) mass is 130 g/mol. The van der Waals surface area contributed by atoms with Gasteiger partial charge < -0.3 is 0 Å². The Labute approximate surface area is 60.0 Å². The Hall–Kier alpha value is -1.80. The van der Waals surface area contributed by atoms with E-state index in [9.17, 15) is 0 Å². The summed E-state index contributed by atoms with van der Waals surface area (Å²) in [6.45, 7) is 6.74. The van der Waals surface area contributed by atoms with Crippen molar-refractivity contribution in [2.75, 3.05) is 0 Å². The smallest absolute Gasteiger partial charge is 0.100 e. The van der Waals surface area contributed by atoms with Gasteiger partial charge in [0.15, 0.2) is 0 Å². The molecule has 0 atom stereocenters. The summed E-state index contributed by atoms with van der Waals surface area (Å²) in [5.74, 6) is 0. The van der Waals surface area contributed by atoms with Gasteiger partial charge in [0.1, 0.15) is 12.1 Å². The van der Waals surface area contributed by atoms with Gasteiger partial charge in [0.2, 0.25) is 0 Å². The van der Waals surface area contributed by atoms with Gasteiger partial charge in [0, 0.05) is 0 Å². The van der Waals surface area contributed by atoms with E-state index in [-0.39, 0.29) is 11.1 Å². The molecule has 0 saturated heterocycles. The maximum absolute atomic E-state index is 8.38. The van der Waals surface area contributed by atoms with Gasteiger partial charge >= 0.3 is 0 Å². The average molecular weight is 130 g/mol. The normalized spacial score (nSPS) is 10.2. The predicted molar refractivity (Wildman–Crippen MR) is 38.6 cm³/mol. The lowest BCUT2D eigenvalue weighted by molar-refractivity contribution is 1.45. The lowest BCUT2D eigenvalue weighted by Gasteiger charge is -1.86. The fraction of sp³-hybridized carbons (Fsp3) is 0. The maximum atomic E-state index is 8.38. The first-order valence-electron chi connectivity index (χ1n) is 2.59. The first-order valence-corrected chi connectivity index (χ1v) is 2.59. The molecule has 0 unspecified atom stereocenters. The molecule has 0 spiro atoms. The van der Waals surface area contributed by atoms with Crippen molar-refractivity contribution >= 4 is 0 Å². The summed E-state index contributed by atoms with van der Waals surface area (Å²) in [4.78, 5) is 0. The number of hydrogen-bond acceptors (Lipinski definition) is 2. The van der Waals surface area contributed by atoms with Gasteiger partial charge in [-0.05, 0) is 0 Å². The quantitative estimate of drug-likeness (QED) is 0.422. The van der Waals surface area contributed by atoms with E-state index in [4.69, 9.17) is 10.5 Å². The number of nitrogens with zero attached hydrogens (tertiary/aromatic N) is 2. The van der Waals surface area contributed by atoms with Crippen LogP contribution in [0.1, 0.15) is 0 Å². The zero-order chi connectivity index (χ0) is 7.98. The summed E-state index contributed by atoms with van der Waals surface area (Å²) in [6, 6.07) is 3.64. The minimum absolute atomic E-state index is 0.262. The minimum atomic E-state index is 0.262. The molecule has 0 saturated carbocycles. The highest BCUT2D eigenvalue weighted by Gasteiger charge is 1.95. The highest BCUT2D eigenvalue weighted by atomic mass is 14.3. The molecule has 0 aliphatic heterocycles. The SMILES string of the molecule is C=CC(C#N)=C(C#N)C=C. The number of allylic oxidation sites excluding steroid dienone is 4. The van der Waals surface area contributed by atoms with Crippen LogP contribution in [-0.4, -0.2) is 0 Å². The summed E-state index contributed by atoms with van der Waals surface area (Å²) in [5.41, 5.74) is 0.523. The van der Waals surface area contributed by atoms with Crippen LogP contribution in [0.3, 0.4) is 0 Å². The second-order valence-corrected chi connectivity index (χ2v) is 1.46. The Morgan fingerprint density at radius 1 is 1.00 bits per heavy atom. The zero-order valence-corrected chi connectivity index (χ0v) is 5.46. The maximum Gasteiger partial charge on any atom is 0.100 e. The molecule has 0 aromatic heterocycles. The summed E-state index contributed by atoms with van der Waals surface area (Å²) >= 11 is 0. The molecular weight excluding hydrogens is 124 g/mol. The first-order chi connectivity index (χ1) is 4.79. The molecule has 10 heavy (non-hydrogen) atoms. The van der Waals surface area contributed by atoms with Gasteiger partial charge in [-0.2, -0.15) is 10.5 Å². The Morgan fingerprint density at radius 2 is 1.30 bits per heavy atom. The molecule has 0 fully saturated rings. The van der Waals surface area contributed by atoms with Crippen LogP contribution < -0.4 is 0 Å². The largest absolute Gasteiger partial charge is 0.192 e. The molecule has 0 rings (SSSR count). The molecule has 0 N–H and O–H groups in total. The minimum Gasteiger partial charge on any atom is -0.192 e. The van der Waals surface area contributed by atoms with Crippen molar-refractivity contribution in [3.8, 4) is 12.1 Å². The fourth-order valence-electron chi connectivity index (χ4n) is 0.432. The molecule has 2 nitrogen and oxygen atoms in total. The third-order valence-electron chi connectivity index (χ3n) is 0.939. The van der Waals surface area contributed by atoms with Gasteiger partial charge in [0.25, 0.3) is 0 Å². The second-order valence-electron chi connectivity index (χ2n) is 1.46. The van der Waals surface area contributed by atoms with Gasteiger partial charge in [-0.3, -0.25) is 0 Å². The van der Waals surface area contributed by atoms with Crippen LogP contribution in [0.5, 0.6) is 0 Å². The third kappa shape index (κ3) is 1.61. The predicted octanol–water partition coefficient (Wildman–Crippen LogP) is 1.70. The fourth-order valence-corrected chi connectivity index (χ4v) is 0.432. The third-order valence-corrected chi connectivity index (χ3v) is 0.939. The molecule has 48 valence electrons.